The summed E-state index contributed by atoms with van der Waals surface area (Å²) in [5.41, 5.74) is 3.77. The van der Waals surface area contributed by atoms with Crippen molar-refractivity contribution in [2.45, 2.75) is 70.3 Å². The number of anilines is 1. The van der Waals surface area contributed by atoms with Crippen LogP contribution >= 0.6 is 0 Å². The summed E-state index contributed by atoms with van der Waals surface area (Å²) < 4.78 is 6.35. The smallest absolute Gasteiger partial charge is 0.130 e. The van der Waals surface area contributed by atoms with Crippen LogP contribution in [0.4, 0.5) is 5.82 Å². The van der Waals surface area contributed by atoms with E-state index in [2.05, 4.69) is 34.5 Å². The minimum atomic E-state index is 0.151. The molecule has 0 bridgehead atoms. The van der Waals surface area contributed by atoms with E-state index < -0.39 is 0 Å². The van der Waals surface area contributed by atoms with Crippen LogP contribution in [0.3, 0.4) is 0 Å². The summed E-state index contributed by atoms with van der Waals surface area (Å²) in [6.07, 6.45) is 8.88. The Bertz CT molecular complexity index is 886. The highest BCUT2D eigenvalue weighted by atomic mass is 16.5. The molecule has 1 saturated heterocycles. The molecular formula is C28H39N3O2. The Morgan fingerprint density at radius 1 is 1.18 bits per heavy atom. The highest BCUT2D eigenvalue weighted by Gasteiger charge is 2.22. The number of carbonyl (C=O) groups is 1. The van der Waals surface area contributed by atoms with Crippen LogP contribution in [0.2, 0.25) is 0 Å². The first-order valence-electron chi connectivity index (χ1n) is 12.8. The van der Waals surface area contributed by atoms with E-state index in [0.717, 1.165) is 51.3 Å². The zero-order chi connectivity index (χ0) is 22.9. The van der Waals surface area contributed by atoms with Crippen molar-refractivity contribution in [3.8, 4) is 0 Å². The Labute approximate surface area is 198 Å². The number of likely N-dealkylation sites (tertiary alicyclic amines) is 1. The van der Waals surface area contributed by atoms with Crippen LogP contribution in [0.5, 0.6) is 0 Å². The maximum atomic E-state index is 11.8. The number of benzene rings is 1. The Hall–Kier alpha value is -2.24. The summed E-state index contributed by atoms with van der Waals surface area (Å²) in [5.74, 6) is 1.48. The Morgan fingerprint density at radius 3 is 2.91 bits per heavy atom. The fraction of sp³-hybridized carbons (Fsp3) is 0.571. The number of nitrogens with zero attached hydrogens (tertiary/aromatic N) is 2. The van der Waals surface area contributed by atoms with Gasteiger partial charge in [0.05, 0.1) is 12.7 Å². The third-order valence-electron chi connectivity index (χ3n) is 6.91. The highest BCUT2D eigenvalue weighted by molar-refractivity contribution is 5.76. The molecule has 0 unspecified atom stereocenters. The molecule has 1 N–H and O–H groups in total. The molecule has 2 aromatic rings. The number of fused-ring (bicyclic) bond motifs is 1. The van der Waals surface area contributed by atoms with E-state index in [9.17, 15) is 4.79 Å². The van der Waals surface area contributed by atoms with Crippen LogP contribution < -0.4 is 5.32 Å². The molecule has 2 atom stereocenters. The van der Waals surface area contributed by atoms with Crippen molar-refractivity contribution in [1.82, 2.24) is 9.88 Å². The maximum Gasteiger partial charge on any atom is 0.130 e. The van der Waals surface area contributed by atoms with Crippen LogP contribution in [0, 0.1) is 0 Å². The lowest BCUT2D eigenvalue weighted by Crippen LogP contribution is -2.40. The van der Waals surface area contributed by atoms with Gasteiger partial charge in [0.2, 0.25) is 0 Å². The minimum absolute atomic E-state index is 0.151. The zero-order valence-electron chi connectivity index (χ0n) is 20.1. The van der Waals surface area contributed by atoms with Crippen LogP contribution in [0.1, 0.15) is 68.2 Å². The number of nitrogens with one attached hydrogen (secondary N) is 1. The molecule has 3 heterocycles. The van der Waals surface area contributed by atoms with Crippen molar-refractivity contribution in [3.63, 3.8) is 0 Å². The number of hydrogen-bond donors (Lipinski definition) is 1. The highest BCUT2D eigenvalue weighted by Crippen LogP contribution is 2.23. The molecular weight excluding hydrogens is 410 g/mol. The van der Waals surface area contributed by atoms with E-state index in [1.807, 2.05) is 18.2 Å². The molecule has 178 valence electrons. The first-order valence-corrected chi connectivity index (χ1v) is 12.8. The summed E-state index contributed by atoms with van der Waals surface area (Å²) in [5, 5.41) is 3.44. The van der Waals surface area contributed by atoms with E-state index in [1.165, 1.54) is 42.5 Å². The molecule has 2 aliphatic rings. The molecule has 1 aromatic heterocycles. The number of pyridine rings is 1. The molecule has 33 heavy (non-hydrogen) atoms. The number of unbranched alkanes of at least 4 members (excludes halogenated alkanes) is 1. The van der Waals surface area contributed by atoms with Crippen molar-refractivity contribution in [2.75, 3.05) is 38.1 Å². The number of aromatic nitrogens is 1. The lowest BCUT2D eigenvalue weighted by atomic mass is 9.95. The third-order valence-corrected chi connectivity index (χ3v) is 6.91. The molecule has 0 saturated carbocycles. The lowest BCUT2D eigenvalue weighted by Gasteiger charge is -2.33. The summed E-state index contributed by atoms with van der Waals surface area (Å²) in [4.78, 5) is 19.2. The fourth-order valence-electron chi connectivity index (χ4n) is 5.10. The first kappa shape index (κ1) is 23.9. The van der Waals surface area contributed by atoms with Gasteiger partial charge in [0.25, 0.3) is 0 Å². The quantitative estimate of drug-likeness (QED) is 0.489. The number of Topliss-reactive ketones (excluding diaryl/α,β-unsaturated/α-hetero) is 1. The lowest BCUT2D eigenvalue weighted by molar-refractivity contribution is -0.118. The van der Waals surface area contributed by atoms with Crippen LogP contribution in [0.15, 0.2) is 42.5 Å². The summed E-state index contributed by atoms with van der Waals surface area (Å²) in [6.45, 7) is 6.63. The summed E-state index contributed by atoms with van der Waals surface area (Å²) in [6, 6.07) is 14.8. The minimum Gasteiger partial charge on any atom is -0.376 e. The number of aryl methyl sites for hydroxylation is 2. The topological polar surface area (TPSA) is 54.5 Å². The predicted molar refractivity (Wildman–Crippen MR) is 134 cm³/mol. The largest absolute Gasteiger partial charge is 0.376 e. The SMILES string of the molecule is CC(=O)C[C@@H](CO[C@@H]1CCCN(CCCCc2ccc3c(n2)NCCC3)C1)c1ccccc1. The summed E-state index contributed by atoms with van der Waals surface area (Å²) in [7, 11) is 0. The molecule has 4 rings (SSSR count). The molecule has 1 aromatic carbocycles. The molecule has 1 fully saturated rings. The van der Waals surface area contributed by atoms with Gasteiger partial charge in [-0.3, -0.25) is 0 Å². The van der Waals surface area contributed by atoms with E-state index >= 15 is 0 Å². The number of hydrogen-bond acceptors (Lipinski definition) is 5. The van der Waals surface area contributed by atoms with Crippen molar-refractivity contribution in [2.24, 2.45) is 0 Å². The predicted octanol–water partition coefficient (Wildman–Crippen LogP) is 5.01. The van der Waals surface area contributed by atoms with E-state index in [-0.39, 0.29) is 17.8 Å². The third kappa shape index (κ3) is 7.38. The zero-order valence-corrected chi connectivity index (χ0v) is 20.1. The molecule has 0 amide bonds. The van der Waals surface area contributed by atoms with Gasteiger partial charge in [-0.25, -0.2) is 4.98 Å². The standard InChI is InChI=1S/C28H39N3O2/c1-22(32)19-25(23-9-3-2-4-10-23)21-33-27-13-8-18-31(20-27)17-6-5-12-26-15-14-24-11-7-16-29-28(24)30-26/h2-4,9-10,14-15,25,27H,5-8,11-13,16-21H2,1H3,(H,29,30)/t25-,27+/m0/s1. The average Bonchev–Trinajstić information content (AvgIpc) is 2.85. The van der Waals surface area contributed by atoms with Gasteiger partial charge < -0.3 is 19.7 Å². The second-order valence-corrected chi connectivity index (χ2v) is 9.71. The van der Waals surface area contributed by atoms with Crippen molar-refractivity contribution in [1.29, 1.82) is 0 Å². The Kier molecular flexibility index (Phi) is 8.90. The Balaban J connectivity index is 1.19. The normalized spacial score (nSPS) is 19.5. The number of carbonyl (C=O) groups excluding carboxylic acids is 1. The van der Waals surface area contributed by atoms with Gasteiger partial charge in [0.1, 0.15) is 11.6 Å². The van der Waals surface area contributed by atoms with Gasteiger partial charge in [0, 0.05) is 31.1 Å². The van der Waals surface area contributed by atoms with Crippen LogP contribution in [0.25, 0.3) is 0 Å². The van der Waals surface area contributed by atoms with Crippen molar-refractivity contribution < 1.29 is 9.53 Å². The molecule has 0 aliphatic carbocycles. The fourth-order valence-corrected chi connectivity index (χ4v) is 5.10. The molecule has 2 aliphatic heterocycles. The molecule has 0 spiro atoms. The molecule has 5 nitrogen and oxygen atoms in total. The first-order chi connectivity index (χ1) is 16.2. The maximum absolute atomic E-state index is 11.8. The van der Waals surface area contributed by atoms with Crippen LogP contribution in [-0.4, -0.2) is 54.6 Å². The summed E-state index contributed by atoms with van der Waals surface area (Å²) >= 11 is 0. The Morgan fingerprint density at radius 2 is 2.06 bits per heavy atom. The van der Waals surface area contributed by atoms with Gasteiger partial charge in [-0.2, -0.15) is 0 Å². The number of ketones is 1. The van der Waals surface area contributed by atoms with E-state index in [1.54, 1.807) is 6.92 Å². The number of ether oxygens (including phenoxy) is 1. The number of piperidine rings is 1. The van der Waals surface area contributed by atoms with Gasteiger partial charge in [-0.1, -0.05) is 36.4 Å². The molecule has 5 heteroatoms. The van der Waals surface area contributed by atoms with Gasteiger partial charge >= 0.3 is 0 Å². The van der Waals surface area contributed by atoms with Gasteiger partial charge in [-0.05, 0) is 82.2 Å². The van der Waals surface area contributed by atoms with Gasteiger partial charge in [-0.15, -0.1) is 0 Å². The van der Waals surface area contributed by atoms with E-state index in [0.29, 0.717) is 13.0 Å². The van der Waals surface area contributed by atoms with Gasteiger partial charge in [0.15, 0.2) is 0 Å². The monoisotopic (exact) mass is 449 g/mol. The van der Waals surface area contributed by atoms with E-state index in [4.69, 9.17) is 9.72 Å². The van der Waals surface area contributed by atoms with Crippen LogP contribution in [-0.2, 0) is 22.4 Å². The number of rotatable bonds is 11. The average molecular weight is 450 g/mol. The second kappa shape index (κ2) is 12.3. The molecule has 0 radical (unpaired) electrons. The second-order valence-electron chi connectivity index (χ2n) is 9.71. The van der Waals surface area contributed by atoms with Crippen molar-refractivity contribution in [3.05, 3.63) is 59.3 Å². The van der Waals surface area contributed by atoms with Crippen molar-refractivity contribution >= 4 is 11.6 Å².